The Morgan fingerprint density at radius 1 is 1.10 bits per heavy atom. The highest BCUT2D eigenvalue weighted by molar-refractivity contribution is 5.73. The molecule has 0 amide bonds. The van der Waals surface area contributed by atoms with Crippen LogP contribution in [0.1, 0.15) is 19.4 Å². The van der Waals surface area contributed by atoms with E-state index in [0.29, 0.717) is 5.75 Å². The molecule has 0 heterocycles. The molecule has 0 aliphatic carbocycles. The average molecular weight is 287 g/mol. The standard InChI is InChI=1S/C15H15NO3.C2H6/c16-14(15(17)18)10-11-5-4-8-13(9-11)19-12-6-2-1-3-7-12;1-2/h1-9,14H,10,16H2,(H,17,18);1-2H3. The first-order valence-electron chi connectivity index (χ1n) is 6.95. The van der Waals surface area contributed by atoms with Crippen LogP contribution < -0.4 is 10.5 Å². The SMILES string of the molecule is CC.NC(Cc1cccc(Oc2ccccc2)c1)C(=O)O. The number of hydrogen-bond acceptors (Lipinski definition) is 3. The number of benzene rings is 2. The molecule has 2 rings (SSSR count). The minimum Gasteiger partial charge on any atom is -0.480 e. The van der Waals surface area contributed by atoms with E-state index < -0.39 is 12.0 Å². The highest BCUT2D eigenvalue weighted by Gasteiger charge is 2.12. The molecule has 4 nitrogen and oxygen atoms in total. The monoisotopic (exact) mass is 287 g/mol. The second-order valence-electron chi connectivity index (χ2n) is 4.21. The van der Waals surface area contributed by atoms with E-state index in [1.54, 1.807) is 6.07 Å². The first kappa shape index (κ1) is 16.7. The van der Waals surface area contributed by atoms with Gasteiger partial charge in [-0.15, -0.1) is 0 Å². The van der Waals surface area contributed by atoms with Crippen molar-refractivity contribution in [3.05, 3.63) is 60.2 Å². The minimum atomic E-state index is -1.01. The Hall–Kier alpha value is -2.33. The van der Waals surface area contributed by atoms with Crippen molar-refractivity contribution in [3.63, 3.8) is 0 Å². The van der Waals surface area contributed by atoms with E-state index in [1.807, 2.05) is 62.4 Å². The maximum absolute atomic E-state index is 10.7. The molecule has 0 bridgehead atoms. The third kappa shape index (κ3) is 5.67. The molecule has 0 aromatic heterocycles. The van der Waals surface area contributed by atoms with E-state index in [-0.39, 0.29) is 6.42 Å². The van der Waals surface area contributed by atoms with Crippen LogP contribution in [0.25, 0.3) is 0 Å². The summed E-state index contributed by atoms with van der Waals surface area (Å²) in [5.41, 5.74) is 6.35. The van der Waals surface area contributed by atoms with Crippen LogP contribution in [-0.4, -0.2) is 17.1 Å². The molecule has 2 aromatic carbocycles. The Kier molecular flexibility index (Phi) is 6.98. The zero-order chi connectivity index (χ0) is 15.7. The van der Waals surface area contributed by atoms with Gasteiger partial charge in [0.25, 0.3) is 0 Å². The van der Waals surface area contributed by atoms with Crippen molar-refractivity contribution in [3.8, 4) is 11.5 Å². The molecule has 21 heavy (non-hydrogen) atoms. The quantitative estimate of drug-likeness (QED) is 0.883. The van der Waals surface area contributed by atoms with Gasteiger partial charge in [-0.25, -0.2) is 0 Å². The highest BCUT2D eigenvalue weighted by Crippen LogP contribution is 2.22. The van der Waals surface area contributed by atoms with Gasteiger partial charge in [-0.3, -0.25) is 4.79 Å². The van der Waals surface area contributed by atoms with Crippen LogP contribution in [-0.2, 0) is 11.2 Å². The fourth-order valence-corrected chi connectivity index (χ4v) is 1.70. The topological polar surface area (TPSA) is 72.5 Å². The van der Waals surface area contributed by atoms with Gasteiger partial charge in [0, 0.05) is 0 Å². The Labute approximate surface area is 125 Å². The highest BCUT2D eigenvalue weighted by atomic mass is 16.5. The molecule has 1 atom stereocenters. The molecule has 112 valence electrons. The lowest BCUT2D eigenvalue weighted by Crippen LogP contribution is -2.32. The maximum Gasteiger partial charge on any atom is 0.320 e. The number of para-hydroxylation sites is 1. The number of nitrogens with two attached hydrogens (primary N) is 1. The minimum absolute atomic E-state index is 0.279. The van der Waals surface area contributed by atoms with Crippen LogP contribution in [0.3, 0.4) is 0 Å². The third-order valence-electron chi connectivity index (χ3n) is 2.65. The van der Waals surface area contributed by atoms with Crippen LogP contribution in [0, 0.1) is 0 Å². The predicted molar refractivity (Wildman–Crippen MR) is 83.6 cm³/mol. The van der Waals surface area contributed by atoms with E-state index in [1.165, 1.54) is 0 Å². The first-order valence-corrected chi connectivity index (χ1v) is 6.95. The number of carboxylic acid groups (broad SMARTS) is 1. The smallest absolute Gasteiger partial charge is 0.320 e. The summed E-state index contributed by atoms with van der Waals surface area (Å²) in [6.45, 7) is 4.00. The van der Waals surface area contributed by atoms with Crippen molar-refractivity contribution in [1.82, 2.24) is 0 Å². The molecule has 0 radical (unpaired) electrons. The summed E-state index contributed by atoms with van der Waals surface area (Å²) in [6, 6.07) is 15.8. The van der Waals surface area contributed by atoms with E-state index >= 15 is 0 Å². The van der Waals surface area contributed by atoms with Gasteiger partial charge in [0.2, 0.25) is 0 Å². The van der Waals surface area contributed by atoms with Crippen LogP contribution in [0.15, 0.2) is 54.6 Å². The van der Waals surface area contributed by atoms with Gasteiger partial charge < -0.3 is 15.6 Å². The van der Waals surface area contributed by atoms with Crippen molar-refractivity contribution >= 4 is 5.97 Å². The summed E-state index contributed by atoms with van der Waals surface area (Å²) in [5, 5.41) is 8.79. The molecule has 3 N–H and O–H groups in total. The molecular formula is C17H21NO3. The molecule has 0 spiro atoms. The zero-order valence-electron chi connectivity index (χ0n) is 12.3. The van der Waals surface area contributed by atoms with Gasteiger partial charge in [-0.2, -0.15) is 0 Å². The number of carbonyl (C=O) groups is 1. The summed E-state index contributed by atoms with van der Waals surface area (Å²) in [6.07, 6.45) is 0.279. The third-order valence-corrected chi connectivity index (χ3v) is 2.65. The predicted octanol–water partition coefficient (Wildman–Crippen LogP) is 3.46. The zero-order valence-corrected chi connectivity index (χ0v) is 12.3. The van der Waals surface area contributed by atoms with Gasteiger partial charge in [0.05, 0.1) is 0 Å². The molecule has 4 heteroatoms. The Morgan fingerprint density at radius 3 is 2.33 bits per heavy atom. The number of hydrogen-bond donors (Lipinski definition) is 2. The molecule has 1 unspecified atom stereocenters. The fourth-order valence-electron chi connectivity index (χ4n) is 1.70. The van der Waals surface area contributed by atoms with E-state index in [9.17, 15) is 4.79 Å². The van der Waals surface area contributed by atoms with Gasteiger partial charge >= 0.3 is 5.97 Å². The van der Waals surface area contributed by atoms with Gasteiger partial charge in [-0.05, 0) is 36.2 Å². The van der Waals surface area contributed by atoms with Crippen LogP contribution in [0.5, 0.6) is 11.5 Å². The lowest BCUT2D eigenvalue weighted by molar-refractivity contribution is -0.138. The summed E-state index contributed by atoms with van der Waals surface area (Å²) >= 11 is 0. The van der Waals surface area contributed by atoms with Crippen molar-refractivity contribution in [2.75, 3.05) is 0 Å². The number of rotatable bonds is 5. The van der Waals surface area contributed by atoms with Gasteiger partial charge in [-0.1, -0.05) is 44.2 Å². The molecular weight excluding hydrogens is 266 g/mol. The molecule has 0 saturated heterocycles. The van der Waals surface area contributed by atoms with Crippen molar-refractivity contribution < 1.29 is 14.6 Å². The normalized spacial score (nSPS) is 11.0. The van der Waals surface area contributed by atoms with Gasteiger partial charge in [0.1, 0.15) is 17.5 Å². The fraction of sp³-hybridized carbons (Fsp3) is 0.235. The Balaban J connectivity index is 0.00000106. The summed E-state index contributed by atoms with van der Waals surface area (Å²) in [7, 11) is 0. The molecule has 0 saturated carbocycles. The first-order chi connectivity index (χ1) is 10.1. The molecule has 0 aliphatic rings. The summed E-state index contributed by atoms with van der Waals surface area (Å²) in [5.74, 6) is 0.401. The van der Waals surface area contributed by atoms with Gasteiger partial charge in [0.15, 0.2) is 0 Å². The average Bonchev–Trinajstić information content (AvgIpc) is 2.50. The molecule has 2 aromatic rings. The number of ether oxygens (including phenoxy) is 1. The van der Waals surface area contributed by atoms with Crippen molar-refractivity contribution in [2.45, 2.75) is 26.3 Å². The van der Waals surface area contributed by atoms with Crippen molar-refractivity contribution in [2.24, 2.45) is 5.73 Å². The number of aliphatic carboxylic acids is 1. The number of carboxylic acids is 1. The van der Waals surface area contributed by atoms with Crippen LogP contribution in [0.4, 0.5) is 0 Å². The lowest BCUT2D eigenvalue weighted by Gasteiger charge is -2.09. The second kappa shape index (κ2) is 8.76. The maximum atomic E-state index is 10.7. The Morgan fingerprint density at radius 2 is 1.71 bits per heavy atom. The van der Waals surface area contributed by atoms with E-state index in [4.69, 9.17) is 15.6 Å². The van der Waals surface area contributed by atoms with E-state index in [2.05, 4.69) is 0 Å². The van der Waals surface area contributed by atoms with Crippen LogP contribution >= 0.6 is 0 Å². The molecule has 0 fully saturated rings. The summed E-state index contributed by atoms with van der Waals surface area (Å²) < 4.78 is 5.67. The Bertz CT molecular complexity index is 555. The lowest BCUT2D eigenvalue weighted by atomic mass is 10.1. The van der Waals surface area contributed by atoms with E-state index in [0.717, 1.165) is 11.3 Å². The van der Waals surface area contributed by atoms with Crippen LogP contribution in [0.2, 0.25) is 0 Å². The van der Waals surface area contributed by atoms with Crippen molar-refractivity contribution in [1.29, 1.82) is 0 Å². The largest absolute Gasteiger partial charge is 0.480 e. The second-order valence-corrected chi connectivity index (χ2v) is 4.21. The summed E-state index contributed by atoms with van der Waals surface area (Å²) in [4.78, 5) is 10.7. The molecule has 0 aliphatic heterocycles.